The van der Waals surface area contributed by atoms with Gasteiger partial charge < -0.3 is 15.8 Å². The summed E-state index contributed by atoms with van der Waals surface area (Å²) in [5.74, 6) is -0.999. The van der Waals surface area contributed by atoms with Gasteiger partial charge in [0.2, 0.25) is 0 Å². The van der Waals surface area contributed by atoms with Crippen LogP contribution < -0.4 is 11.1 Å². The van der Waals surface area contributed by atoms with Crippen LogP contribution in [0.1, 0.15) is 22.8 Å². The van der Waals surface area contributed by atoms with E-state index in [1.807, 2.05) is 6.07 Å². The first-order valence-corrected chi connectivity index (χ1v) is 8.93. The summed E-state index contributed by atoms with van der Waals surface area (Å²) in [6.07, 6.45) is 2.22. The van der Waals surface area contributed by atoms with Crippen molar-refractivity contribution in [3.8, 4) is 11.1 Å². The number of methoxy groups -OCH3 is 1. The molecule has 0 spiro atoms. The highest BCUT2D eigenvalue weighted by Gasteiger charge is 2.23. The number of pyridine rings is 1. The van der Waals surface area contributed by atoms with E-state index in [4.69, 9.17) is 15.9 Å². The lowest BCUT2D eigenvalue weighted by atomic mass is 10.0. The summed E-state index contributed by atoms with van der Waals surface area (Å²) >= 11 is 0. The van der Waals surface area contributed by atoms with Crippen LogP contribution in [-0.4, -0.2) is 23.8 Å². The number of halogens is 1. The van der Waals surface area contributed by atoms with Gasteiger partial charge in [-0.1, -0.05) is 42.5 Å². The molecule has 1 aromatic heterocycles. The molecule has 0 bridgehead atoms. The molecule has 3 aromatic rings. The summed E-state index contributed by atoms with van der Waals surface area (Å²) < 4.78 is 20.0. The van der Waals surface area contributed by atoms with E-state index in [1.165, 1.54) is 13.2 Å². The lowest BCUT2D eigenvalue weighted by Gasteiger charge is -2.17. The Morgan fingerprint density at radius 3 is 2.55 bits per heavy atom. The molecule has 0 unspecified atom stereocenters. The molecule has 0 aliphatic heterocycles. The number of hydrogen-bond acceptors (Lipinski definition) is 4. The highest BCUT2D eigenvalue weighted by molar-refractivity contribution is 5.94. The quantitative estimate of drug-likeness (QED) is 0.425. The third-order valence-corrected chi connectivity index (χ3v) is 4.48. The van der Waals surface area contributed by atoms with E-state index < -0.39 is 17.8 Å². The van der Waals surface area contributed by atoms with Crippen molar-refractivity contribution in [2.75, 3.05) is 7.11 Å². The van der Waals surface area contributed by atoms with Gasteiger partial charge in [-0.2, -0.15) is 0 Å². The fourth-order valence-electron chi connectivity index (χ4n) is 2.91. The predicted molar refractivity (Wildman–Crippen MR) is 109 cm³/mol. The molecule has 0 saturated carbocycles. The molecule has 0 saturated heterocycles. The number of hydrogen-bond donors (Lipinski definition) is 3. The summed E-state index contributed by atoms with van der Waals surface area (Å²) in [6, 6.07) is 15.2. The summed E-state index contributed by atoms with van der Waals surface area (Å²) in [7, 11) is 1.36. The van der Waals surface area contributed by atoms with Crippen molar-refractivity contribution in [3.05, 3.63) is 89.5 Å². The van der Waals surface area contributed by atoms with Crippen LogP contribution in [0.2, 0.25) is 0 Å². The van der Waals surface area contributed by atoms with Gasteiger partial charge in [0, 0.05) is 42.7 Å². The molecule has 0 aliphatic rings. The Hall–Kier alpha value is -3.58. The highest BCUT2D eigenvalue weighted by atomic mass is 19.1. The van der Waals surface area contributed by atoms with Crippen LogP contribution in [-0.2, 0) is 16.1 Å². The molecule has 6 nitrogen and oxygen atoms in total. The number of nitrogens with two attached hydrogens (primary N) is 1. The normalized spacial score (nSPS) is 11.7. The van der Waals surface area contributed by atoms with Gasteiger partial charge in [0.15, 0.2) is 6.10 Å². The number of ether oxygens (including phenoxy) is 1. The molecule has 1 heterocycles. The number of amides is 1. The first kappa shape index (κ1) is 20.2. The number of nitrogens with one attached hydrogen (secondary N) is 2. The average molecular weight is 392 g/mol. The number of rotatable bonds is 7. The van der Waals surface area contributed by atoms with Gasteiger partial charge in [0.05, 0.1) is 0 Å². The number of aromatic nitrogens is 1. The molecule has 2 aromatic carbocycles. The van der Waals surface area contributed by atoms with Crippen LogP contribution in [0, 0.1) is 11.2 Å². The summed E-state index contributed by atoms with van der Waals surface area (Å²) in [6.45, 7) is 0.242. The number of benzene rings is 2. The standard InChI is InChI=1S/C22H21FN4O2/c1-29-20(22(28)27-12-14-4-6-15(7-5-14)21(24)25)18-9-8-16(11-19(18)23)17-3-2-10-26-13-17/h2-11,13,20H,12H2,1H3,(H3,24,25)(H,27,28)/t20-/m1/s1. The van der Waals surface area contributed by atoms with Crippen molar-refractivity contribution in [1.29, 1.82) is 5.41 Å². The van der Waals surface area contributed by atoms with Gasteiger partial charge >= 0.3 is 0 Å². The number of amidine groups is 1. The Morgan fingerprint density at radius 2 is 1.97 bits per heavy atom. The Morgan fingerprint density at radius 1 is 1.21 bits per heavy atom. The van der Waals surface area contributed by atoms with E-state index in [9.17, 15) is 9.18 Å². The van der Waals surface area contributed by atoms with Crippen molar-refractivity contribution in [1.82, 2.24) is 10.3 Å². The number of nitrogens with zero attached hydrogens (tertiary/aromatic N) is 1. The van der Waals surface area contributed by atoms with E-state index in [0.29, 0.717) is 11.1 Å². The van der Waals surface area contributed by atoms with Crippen molar-refractivity contribution in [3.63, 3.8) is 0 Å². The van der Waals surface area contributed by atoms with E-state index in [-0.39, 0.29) is 17.9 Å². The first-order chi connectivity index (χ1) is 14.0. The maximum absolute atomic E-state index is 14.7. The average Bonchev–Trinajstić information content (AvgIpc) is 2.74. The van der Waals surface area contributed by atoms with E-state index >= 15 is 0 Å². The maximum atomic E-state index is 14.7. The number of carbonyl (C=O) groups is 1. The van der Waals surface area contributed by atoms with Gasteiger partial charge in [-0.25, -0.2) is 4.39 Å². The predicted octanol–water partition coefficient (Wildman–Crippen LogP) is 3.18. The van der Waals surface area contributed by atoms with Crippen LogP contribution in [0.5, 0.6) is 0 Å². The molecular formula is C22H21FN4O2. The Balaban J connectivity index is 1.71. The molecule has 4 N–H and O–H groups in total. The monoisotopic (exact) mass is 392 g/mol. The summed E-state index contributed by atoms with van der Waals surface area (Å²) in [5.41, 5.74) is 8.46. The van der Waals surface area contributed by atoms with Crippen molar-refractivity contribution in [2.24, 2.45) is 5.73 Å². The van der Waals surface area contributed by atoms with Crippen molar-refractivity contribution < 1.29 is 13.9 Å². The zero-order chi connectivity index (χ0) is 20.8. The second kappa shape index (κ2) is 9.07. The first-order valence-electron chi connectivity index (χ1n) is 8.93. The third-order valence-electron chi connectivity index (χ3n) is 4.48. The minimum absolute atomic E-state index is 0.0229. The minimum Gasteiger partial charge on any atom is -0.384 e. The smallest absolute Gasteiger partial charge is 0.254 e. The molecule has 0 aliphatic carbocycles. The number of carbonyl (C=O) groups excluding carboxylic acids is 1. The van der Waals surface area contributed by atoms with Gasteiger partial charge in [-0.15, -0.1) is 0 Å². The number of nitrogen functional groups attached to an aromatic ring is 1. The minimum atomic E-state index is -1.07. The van der Waals surface area contributed by atoms with Crippen LogP contribution in [0.3, 0.4) is 0 Å². The van der Waals surface area contributed by atoms with Gasteiger partial charge in [0.25, 0.3) is 5.91 Å². The van der Waals surface area contributed by atoms with Gasteiger partial charge in [-0.05, 0) is 23.3 Å². The topological polar surface area (TPSA) is 101 Å². The third kappa shape index (κ3) is 4.83. The lowest BCUT2D eigenvalue weighted by molar-refractivity contribution is -0.131. The van der Waals surface area contributed by atoms with E-state index in [0.717, 1.165) is 11.1 Å². The van der Waals surface area contributed by atoms with E-state index in [2.05, 4.69) is 10.3 Å². The molecule has 1 amide bonds. The Bertz CT molecular complexity index is 1010. The lowest BCUT2D eigenvalue weighted by Crippen LogP contribution is -2.30. The molecular weight excluding hydrogens is 371 g/mol. The molecule has 1 atom stereocenters. The van der Waals surface area contributed by atoms with Crippen LogP contribution in [0.25, 0.3) is 11.1 Å². The molecule has 7 heteroatoms. The van der Waals surface area contributed by atoms with Gasteiger partial charge in [0.1, 0.15) is 11.7 Å². The fraction of sp³-hybridized carbons (Fsp3) is 0.136. The summed E-state index contributed by atoms with van der Waals surface area (Å²) in [5, 5.41) is 10.1. The molecule has 29 heavy (non-hydrogen) atoms. The van der Waals surface area contributed by atoms with Crippen LogP contribution in [0.15, 0.2) is 67.0 Å². The van der Waals surface area contributed by atoms with Crippen molar-refractivity contribution >= 4 is 11.7 Å². The second-order valence-corrected chi connectivity index (χ2v) is 6.42. The van der Waals surface area contributed by atoms with E-state index in [1.54, 1.807) is 54.9 Å². The Kier molecular flexibility index (Phi) is 6.31. The van der Waals surface area contributed by atoms with Crippen LogP contribution in [0.4, 0.5) is 4.39 Å². The largest absolute Gasteiger partial charge is 0.384 e. The fourth-order valence-corrected chi connectivity index (χ4v) is 2.91. The molecule has 0 radical (unpaired) electrons. The Labute approximate surface area is 168 Å². The second-order valence-electron chi connectivity index (χ2n) is 6.42. The zero-order valence-electron chi connectivity index (χ0n) is 15.9. The van der Waals surface area contributed by atoms with Crippen LogP contribution >= 0.6 is 0 Å². The van der Waals surface area contributed by atoms with Gasteiger partial charge in [-0.3, -0.25) is 15.2 Å². The molecule has 3 rings (SSSR count). The highest BCUT2D eigenvalue weighted by Crippen LogP contribution is 2.26. The molecule has 0 fully saturated rings. The maximum Gasteiger partial charge on any atom is 0.254 e. The zero-order valence-corrected chi connectivity index (χ0v) is 15.9. The molecule has 148 valence electrons. The SMILES string of the molecule is CO[C@@H](C(=O)NCc1ccc(C(=N)N)cc1)c1ccc(-c2cccnc2)cc1F. The summed E-state index contributed by atoms with van der Waals surface area (Å²) in [4.78, 5) is 16.6. The van der Waals surface area contributed by atoms with Crippen molar-refractivity contribution in [2.45, 2.75) is 12.6 Å².